The molecule has 2 rings (SSSR count). The second-order valence-corrected chi connectivity index (χ2v) is 7.04. The molecule has 1 aromatic heterocycles. The predicted molar refractivity (Wildman–Crippen MR) is 73.1 cm³/mol. The van der Waals surface area contributed by atoms with Crippen LogP contribution >= 0.6 is 0 Å². The van der Waals surface area contributed by atoms with E-state index in [1.54, 1.807) is 11.0 Å². The molecule has 20 heavy (non-hydrogen) atoms. The first-order chi connectivity index (χ1) is 9.32. The van der Waals surface area contributed by atoms with E-state index in [-0.39, 0.29) is 17.5 Å². The smallest absolute Gasteiger partial charge is 0.323 e. The molecule has 0 radical (unpaired) electrons. The summed E-state index contributed by atoms with van der Waals surface area (Å²) in [5, 5.41) is 8.91. The lowest BCUT2D eigenvalue weighted by Crippen LogP contribution is -2.32. The number of carboxylic acids is 1. The molecule has 1 saturated carbocycles. The maximum Gasteiger partial charge on any atom is 0.323 e. The number of aromatic nitrogens is 1. The Morgan fingerprint density at radius 2 is 2.05 bits per heavy atom. The zero-order chi connectivity index (χ0) is 14.9. The lowest BCUT2D eigenvalue weighted by molar-refractivity contribution is -0.135. The van der Waals surface area contributed by atoms with Gasteiger partial charge in [-0.05, 0) is 25.0 Å². The zero-order valence-corrected chi connectivity index (χ0v) is 12.2. The molecule has 1 aromatic rings. The Bertz CT molecular complexity index is 594. The number of pyridine rings is 1. The molecule has 1 aliphatic rings. The second kappa shape index (κ2) is 5.37. The van der Waals surface area contributed by atoms with Crippen molar-refractivity contribution in [2.24, 2.45) is 0 Å². The van der Waals surface area contributed by atoms with Crippen LogP contribution in [0.15, 0.2) is 23.2 Å². The van der Waals surface area contributed by atoms with E-state index in [9.17, 15) is 13.2 Å². The Kier molecular flexibility index (Phi) is 3.96. The Labute approximate surface area is 117 Å². The zero-order valence-electron chi connectivity index (χ0n) is 11.4. The maximum atomic E-state index is 11.9. The first kappa shape index (κ1) is 14.7. The Morgan fingerprint density at radius 1 is 1.40 bits per heavy atom. The van der Waals surface area contributed by atoms with Crippen molar-refractivity contribution < 1.29 is 18.3 Å². The lowest BCUT2D eigenvalue weighted by Gasteiger charge is -2.21. The molecule has 8 heteroatoms. The van der Waals surface area contributed by atoms with Crippen molar-refractivity contribution in [3.63, 3.8) is 0 Å². The molecule has 0 aromatic carbocycles. The number of rotatable bonds is 6. The summed E-state index contributed by atoms with van der Waals surface area (Å²) < 4.78 is 24.9. The maximum absolute atomic E-state index is 11.9. The van der Waals surface area contributed by atoms with Crippen molar-refractivity contribution in [1.82, 2.24) is 9.29 Å². The highest BCUT2D eigenvalue weighted by Crippen LogP contribution is 2.30. The van der Waals surface area contributed by atoms with Crippen molar-refractivity contribution in [2.75, 3.05) is 25.5 Å². The van der Waals surface area contributed by atoms with Gasteiger partial charge in [-0.1, -0.05) is 0 Å². The second-order valence-electron chi connectivity index (χ2n) is 4.89. The third kappa shape index (κ3) is 3.07. The van der Waals surface area contributed by atoms with Gasteiger partial charge in [0.1, 0.15) is 17.3 Å². The minimum atomic E-state index is -3.51. The van der Waals surface area contributed by atoms with Crippen LogP contribution < -0.4 is 4.90 Å². The van der Waals surface area contributed by atoms with Gasteiger partial charge in [0.15, 0.2) is 0 Å². The molecular formula is C12H17N3O4S. The van der Waals surface area contributed by atoms with Crippen LogP contribution in [0.4, 0.5) is 5.82 Å². The first-order valence-electron chi connectivity index (χ1n) is 6.19. The largest absolute Gasteiger partial charge is 0.480 e. The normalized spacial score (nSPS) is 15.3. The van der Waals surface area contributed by atoms with Crippen LogP contribution in [0, 0.1) is 0 Å². The van der Waals surface area contributed by atoms with Gasteiger partial charge in [-0.25, -0.2) is 17.7 Å². The molecule has 110 valence electrons. The van der Waals surface area contributed by atoms with Crippen molar-refractivity contribution in [3.05, 3.63) is 18.3 Å². The number of hydrogen-bond donors (Lipinski definition) is 1. The SMILES string of the molecule is CN(C)S(=O)(=O)c1ccc(N(CC(=O)O)C2CC2)nc1. The fourth-order valence-electron chi connectivity index (χ4n) is 1.83. The van der Waals surface area contributed by atoms with Gasteiger partial charge in [0.25, 0.3) is 0 Å². The van der Waals surface area contributed by atoms with Crippen molar-refractivity contribution in [1.29, 1.82) is 0 Å². The summed E-state index contributed by atoms with van der Waals surface area (Å²) in [4.78, 5) is 16.7. The van der Waals surface area contributed by atoms with Gasteiger partial charge in [-0.15, -0.1) is 0 Å². The minimum Gasteiger partial charge on any atom is -0.480 e. The average molecular weight is 299 g/mol. The first-order valence-corrected chi connectivity index (χ1v) is 7.63. The number of hydrogen-bond acceptors (Lipinski definition) is 5. The molecule has 0 spiro atoms. The lowest BCUT2D eigenvalue weighted by atomic mass is 10.4. The molecule has 7 nitrogen and oxygen atoms in total. The van der Waals surface area contributed by atoms with Crippen LogP contribution in [-0.2, 0) is 14.8 Å². The number of aliphatic carboxylic acids is 1. The molecule has 0 bridgehead atoms. The van der Waals surface area contributed by atoms with Crippen LogP contribution in [0.1, 0.15) is 12.8 Å². The third-order valence-electron chi connectivity index (χ3n) is 3.09. The molecule has 1 N–H and O–H groups in total. The number of carboxylic acid groups (broad SMARTS) is 1. The fourth-order valence-corrected chi connectivity index (χ4v) is 2.68. The van der Waals surface area contributed by atoms with E-state index >= 15 is 0 Å². The molecule has 0 saturated heterocycles. The topological polar surface area (TPSA) is 90.8 Å². The summed E-state index contributed by atoms with van der Waals surface area (Å²) in [5.41, 5.74) is 0. The summed E-state index contributed by atoms with van der Waals surface area (Å²) in [6.45, 7) is -0.128. The average Bonchev–Trinajstić information content (AvgIpc) is 3.20. The standard InChI is InChI=1S/C12H17N3O4S/c1-14(2)20(18,19)10-5-6-11(13-7-10)15(8-12(16)17)9-3-4-9/h5-7,9H,3-4,8H2,1-2H3,(H,16,17). The van der Waals surface area contributed by atoms with E-state index in [4.69, 9.17) is 5.11 Å². The third-order valence-corrected chi connectivity index (χ3v) is 4.89. The molecule has 0 aliphatic heterocycles. The number of carbonyl (C=O) groups is 1. The number of anilines is 1. The monoisotopic (exact) mass is 299 g/mol. The van der Waals surface area contributed by atoms with Crippen LogP contribution in [0.3, 0.4) is 0 Å². The van der Waals surface area contributed by atoms with Gasteiger partial charge in [-0.3, -0.25) is 4.79 Å². The summed E-state index contributed by atoms with van der Waals surface area (Å²) >= 11 is 0. The van der Waals surface area contributed by atoms with E-state index in [1.165, 1.54) is 26.4 Å². The number of sulfonamides is 1. The van der Waals surface area contributed by atoms with Crippen molar-refractivity contribution >= 4 is 21.8 Å². The Balaban J connectivity index is 2.25. The molecular weight excluding hydrogens is 282 g/mol. The van der Waals surface area contributed by atoms with Gasteiger partial charge < -0.3 is 10.0 Å². The van der Waals surface area contributed by atoms with E-state index in [0.29, 0.717) is 5.82 Å². The van der Waals surface area contributed by atoms with E-state index < -0.39 is 16.0 Å². The quantitative estimate of drug-likeness (QED) is 0.817. The van der Waals surface area contributed by atoms with Gasteiger partial charge >= 0.3 is 5.97 Å². The fraction of sp³-hybridized carbons (Fsp3) is 0.500. The van der Waals surface area contributed by atoms with Crippen LogP contribution in [0.5, 0.6) is 0 Å². The van der Waals surface area contributed by atoms with E-state index in [2.05, 4.69) is 4.98 Å². The van der Waals surface area contributed by atoms with Crippen LogP contribution in [-0.4, -0.2) is 55.5 Å². The van der Waals surface area contributed by atoms with Crippen LogP contribution in [0.25, 0.3) is 0 Å². The molecule has 1 fully saturated rings. The molecule has 0 amide bonds. The van der Waals surface area contributed by atoms with E-state index in [1.807, 2.05) is 0 Å². The summed E-state index contributed by atoms with van der Waals surface area (Å²) in [5.74, 6) is -0.434. The molecule has 0 atom stereocenters. The van der Waals surface area contributed by atoms with Crippen LogP contribution in [0.2, 0.25) is 0 Å². The molecule has 1 aliphatic carbocycles. The highest BCUT2D eigenvalue weighted by atomic mass is 32.2. The van der Waals surface area contributed by atoms with Crippen molar-refractivity contribution in [2.45, 2.75) is 23.8 Å². The summed E-state index contributed by atoms with van der Waals surface area (Å²) in [6, 6.07) is 3.20. The van der Waals surface area contributed by atoms with Gasteiger partial charge in [0, 0.05) is 26.3 Å². The predicted octanol–water partition coefficient (Wildman–Crippen LogP) is 0.385. The number of nitrogens with zero attached hydrogens (tertiary/aromatic N) is 3. The molecule has 1 heterocycles. The van der Waals surface area contributed by atoms with Gasteiger partial charge in [0.05, 0.1) is 0 Å². The highest BCUT2D eigenvalue weighted by molar-refractivity contribution is 7.89. The summed E-state index contributed by atoms with van der Waals surface area (Å²) in [6.07, 6.45) is 3.14. The Morgan fingerprint density at radius 3 is 2.45 bits per heavy atom. The van der Waals surface area contributed by atoms with Gasteiger partial charge in [0.2, 0.25) is 10.0 Å². The summed E-state index contributed by atoms with van der Waals surface area (Å²) in [7, 11) is -0.614. The molecule has 0 unspecified atom stereocenters. The van der Waals surface area contributed by atoms with Gasteiger partial charge in [-0.2, -0.15) is 0 Å². The Hall–Kier alpha value is -1.67. The minimum absolute atomic E-state index is 0.0947. The van der Waals surface area contributed by atoms with E-state index in [0.717, 1.165) is 17.1 Å². The van der Waals surface area contributed by atoms with Crippen molar-refractivity contribution in [3.8, 4) is 0 Å². The highest BCUT2D eigenvalue weighted by Gasteiger charge is 2.31.